The number of piperidine rings is 2. The van der Waals surface area contributed by atoms with E-state index in [4.69, 9.17) is 4.74 Å². The molecule has 3 nitrogen and oxygen atoms in total. The van der Waals surface area contributed by atoms with Crippen LogP contribution in [0.4, 0.5) is 0 Å². The highest BCUT2D eigenvalue weighted by molar-refractivity contribution is 4.92. The van der Waals surface area contributed by atoms with Gasteiger partial charge in [-0.2, -0.15) is 0 Å². The van der Waals surface area contributed by atoms with Crippen LogP contribution in [0.1, 0.15) is 44.9 Å². The zero-order chi connectivity index (χ0) is 12.4. The SMILES string of the molecule is COC1CCN(CCC2CC3CCC(C2)N3)CC1. The number of ether oxygens (including phenoxy) is 1. The van der Waals surface area contributed by atoms with Crippen molar-refractivity contribution in [2.45, 2.75) is 63.1 Å². The third-order valence-corrected chi connectivity index (χ3v) is 5.29. The van der Waals surface area contributed by atoms with Crippen LogP contribution in [0.15, 0.2) is 0 Å². The molecule has 0 aliphatic carbocycles. The number of nitrogens with one attached hydrogen (secondary N) is 1. The van der Waals surface area contributed by atoms with E-state index in [1.165, 1.54) is 64.6 Å². The molecule has 3 rings (SSSR count). The molecule has 3 aliphatic rings. The summed E-state index contributed by atoms with van der Waals surface area (Å²) in [5.74, 6) is 0.990. The second-order valence-corrected chi connectivity index (χ2v) is 6.54. The predicted molar refractivity (Wildman–Crippen MR) is 73.8 cm³/mol. The third kappa shape index (κ3) is 3.06. The zero-order valence-electron chi connectivity index (χ0n) is 11.7. The fourth-order valence-corrected chi connectivity index (χ4v) is 4.14. The Morgan fingerprint density at radius 3 is 2.33 bits per heavy atom. The van der Waals surface area contributed by atoms with Crippen molar-refractivity contribution < 1.29 is 4.74 Å². The van der Waals surface area contributed by atoms with Gasteiger partial charge in [-0.25, -0.2) is 0 Å². The van der Waals surface area contributed by atoms with Gasteiger partial charge in [0.25, 0.3) is 0 Å². The minimum absolute atomic E-state index is 0.524. The second kappa shape index (κ2) is 5.89. The largest absolute Gasteiger partial charge is 0.381 e. The Bertz CT molecular complexity index is 251. The first-order chi connectivity index (χ1) is 8.83. The normalized spacial score (nSPS) is 38.2. The molecule has 1 N–H and O–H groups in total. The van der Waals surface area contributed by atoms with Gasteiger partial charge in [0.2, 0.25) is 0 Å². The van der Waals surface area contributed by atoms with Gasteiger partial charge in [0.05, 0.1) is 6.10 Å². The number of nitrogens with zero attached hydrogens (tertiary/aromatic N) is 1. The van der Waals surface area contributed by atoms with Crippen LogP contribution in [0.2, 0.25) is 0 Å². The number of methoxy groups -OCH3 is 1. The molecule has 0 aromatic rings. The number of hydrogen-bond acceptors (Lipinski definition) is 3. The molecule has 3 fully saturated rings. The zero-order valence-corrected chi connectivity index (χ0v) is 11.7. The van der Waals surface area contributed by atoms with E-state index >= 15 is 0 Å². The molecule has 0 spiro atoms. The molecule has 3 saturated heterocycles. The monoisotopic (exact) mass is 252 g/mol. The van der Waals surface area contributed by atoms with Gasteiger partial charge in [-0.05, 0) is 57.4 Å². The molecule has 0 saturated carbocycles. The van der Waals surface area contributed by atoms with E-state index in [9.17, 15) is 0 Å². The summed E-state index contributed by atoms with van der Waals surface area (Å²) in [6.07, 6.45) is 10.1. The maximum Gasteiger partial charge on any atom is 0.0595 e. The van der Waals surface area contributed by atoms with Crippen LogP contribution >= 0.6 is 0 Å². The topological polar surface area (TPSA) is 24.5 Å². The Labute approximate surface area is 111 Å². The minimum Gasteiger partial charge on any atom is -0.381 e. The van der Waals surface area contributed by atoms with Crippen LogP contribution in [0.5, 0.6) is 0 Å². The highest BCUT2D eigenvalue weighted by Crippen LogP contribution is 2.32. The van der Waals surface area contributed by atoms with Crippen LogP contribution in [0.25, 0.3) is 0 Å². The Hall–Kier alpha value is -0.120. The molecule has 2 atom stereocenters. The molecule has 0 aromatic heterocycles. The predicted octanol–water partition coefficient (Wildman–Crippen LogP) is 2.02. The quantitative estimate of drug-likeness (QED) is 0.828. The lowest BCUT2D eigenvalue weighted by atomic mass is 9.89. The number of rotatable bonds is 4. The molecule has 3 heteroatoms. The van der Waals surface area contributed by atoms with Crippen LogP contribution in [0.3, 0.4) is 0 Å². The van der Waals surface area contributed by atoms with Crippen LogP contribution in [0, 0.1) is 5.92 Å². The van der Waals surface area contributed by atoms with Gasteiger partial charge in [-0.15, -0.1) is 0 Å². The molecule has 0 amide bonds. The van der Waals surface area contributed by atoms with Crippen molar-refractivity contribution in [2.24, 2.45) is 5.92 Å². The fourth-order valence-electron chi connectivity index (χ4n) is 4.14. The van der Waals surface area contributed by atoms with E-state index in [1.807, 2.05) is 7.11 Å². The van der Waals surface area contributed by atoms with Crippen molar-refractivity contribution >= 4 is 0 Å². The minimum atomic E-state index is 0.524. The standard InChI is InChI=1S/C15H28N2O/c1-18-15-5-8-17(9-6-15)7-4-12-10-13-2-3-14(11-12)16-13/h12-16H,2-11H2,1H3. The van der Waals surface area contributed by atoms with E-state index in [0.717, 1.165) is 18.0 Å². The average molecular weight is 252 g/mol. The summed E-state index contributed by atoms with van der Waals surface area (Å²) >= 11 is 0. The number of fused-ring (bicyclic) bond motifs is 2. The lowest BCUT2D eigenvalue weighted by Crippen LogP contribution is -2.41. The van der Waals surface area contributed by atoms with Crippen molar-refractivity contribution in [1.82, 2.24) is 10.2 Å². The maximum absolute atomic E-state index is 5.44. The second-order valence-electron chi connectivity index (χ2n) is 6.54. The molecule has 2 bridgehead atoms. The van der Waals surface area contributed by atoms with Gasteiger partial charge in [0.1, 0.15) is 0 Å². The van der Waals surface area contributed by atoms with E-state index in [0.29, 0.717) is 6.10 Å². The summed E-state index contributed by atoms with van der Waals surface area (Å²) in [5, 5.41) is 3.74. The summed E-state index contributed by atoms with van der Waals surface area (Å²) < 4.78 is 5.44. The number of likely N-dealkylation sites (tertiary alicyclic amines) is 1. The van der Waals surface area contributed by atoms with Gasteiger partial charge in [0, 0.05) is 32.3 Å². The van der Waals surface area contributed by atoms with Crippen LogP contribution < -0.4 is 5.32 Å². The van der Waals surface area contributed by atoms with E-state index in [2.05, 4.69) is 10.2 Å². The summed E-state index contributed by atoms with van der Waals surface area (Å²) in [6, 6.07) is 1.71. The van der Waals surface area contributed by atoms with Crippen molar-refractivity contribution in [3.8, 4) is 0 Å². The van der Waals surface area contributed by atoms with Crippen molar-refractivity contribution in [1.29, 1.82) is 0 Å². The summed E-state index contributed by atoms with van der Waals surface area (Å²) in [4.78, 5) is 2.65. The third-order valence-electron chi connectivity index (χ3n) is 5.29. The van der Waals surface area contributed by atoms with Gasteiger partial charge in [0.15, 0.2) is 0 Å². The van der Waals surface area contributed by atoms with E-state index < -0.39 is 0 Å². The highest BCUT2D eigenvalue weighted by Gasteiger charge is 2.33. The van der Waals surface area contributed by atoms with E-state index in [-0.39, 0.29) is 0 Å². The number of hydrogen-bond donors (Lipinski definition) is 1. The molecular weight excluding hydrogens is 224 g/mol. The van der Waals surface area contributed by atoms with E-state index in [1.54, 1.807) is 0 Å². The van der Waals surface area contributed by atoms with Gasteiger partial charge >= 0.3 is 0 Å². The van der Waals surface area contributed by atoms with Crippen LogP contribution in [-0.2, 0) is 4.74 Å². The van der Waals surface area contributed by atoms with Crippen molar-refractivity contribution in [2.75, 3.05) is 26.7 Å². The summed E-state index contributed by atoms with van der Waals surface area (Å²) in [7, 11) is 1.85. The smallest absolute Gasteiger partial charge is 0.0595 e. The van der Waals surface area contributed by atoms with Crippen molar-refractivity contribution in [3.05, 3.63) is 0 Å². The first-order valence-electron chi connectivity index (χ1n) is 7.84. The van der Waals surface area contributed by atoms with Gasteiger partial charge in [-0.3, -0.25) is 0 Å². The molecule has 2 unspecified atom stereocenters. The summed E-state index contributed by atoms with van der Waals surface area (Å²) in [6.45, 7) is 3.81. The first kappa shape index (κ1) is 12.9. The Kier molecular flexibility index (Phi) is 4.22. The molecular formula is C15H28N2O. The molecule has 0 radical (unpaired) electrons. The lowest BCUT2D eigenvalue weighted by Gasteiger charge is -2.34. The Balaban J connectivity index is 1.37. The van der Waals surface area contributed by atoms with Crippen molar-refractivity contribution in [3.63, 3.8) is 0 Å². The maximum atomic E-state index is 5.44. The van der Waals surface area contributed by atoms with Gasteiger partial charge in [-0.1, -0.05) is 0 Å². The van der Waals surface area contributed by atoms with Crippen LogP contribution in [-0.4, -0.2) is 49.8 Å². The average Bonchev–Trinajstić information content (AvgIpc) is 2.76. The molecule has 104 valence electrons. The molecule has 3 heterocycles. The lowest BCUT2D eigenvalue weighted by molar-refractivity contribution is 0.0389. The first-order valence-corrected chi connectivity index (χ1v) is 7.84. The summed E-state index contributed by atoms with van der Waals surface area (Å²) in [5.41, 5.74) is 0. The molecule has 0 aromatic carbocycles. The van der Waals surface area contributed by atoms with Gasteiger partial charge < -0.3 is 15.0 Å². The Morgan fingerprint density at radius 2 is 1.72 bits per heavy atom. The highest BCUT2D eigenvalue weighted by atomic mass is 16.5. The fraction of sp³-hybridized carbons (Fsp3) is 1.00. The molecule has 18 heavy (non-hydrogen) atoms. The Morgan fingerprint density at radius 1 is 1.06 bits per heavy atom. The molecule has 3 aliphatic heterocycles.